The fourth-order valence-electron chi connectivity index (χ4n) is 7.32. The normalized spacial score (nSPS) is 13.4. The summed E-state index contributed by atoms with van der Waals surface area (Å²) in [6.45, 7) is 6.17. The number of alkyl halides is 3. The van der Waals surface area contributed by atoms with E-state index in [1.54, 1.807) is 6.07 Å². The van der Waals surface area contributed by atoms with Crippen molar-refractivity contribution in [2.45, 2.75) is 31.7 Å². The van der Waals surface area contributed by atoms with Gasteiger partial charge in [-0.2, -0.15) is 21.6 Å². The van der Waals surface area contributed by atoms with Crippen LogP contribution in [0.15, 0.2) is 127 Å². The third-order valence-electron chi connectivity index (χ3n) is 9.85. The SMILES string of the molecule is CC(C)(C)c1ccc(-n2c(-c3cccc(OS(=O)(=O)C(F)(F)F)c3)nc3cc4c5c(c32)Oc2ccccc2B5c2ccccc2O4)c(-c2ccccc2)c1. The lowest BCUT2D eigenvalue weighted by molar-refractivity contribution is -0.0500. The van der Waals surface area contributed by atoms with E-state index in [1.807, 2.05) is 95.6 Å². The Balaban J connectivity index is 1.38. The Bertz CT molecular complexity index is 2750. The van der Waals surface area contributed by atoms with E-state index in [-0.39, 0.29) is 12.1 Å². The Hall–Kier alpha value is -6.01. The van der Waals surface area contributed by atoms with Crippen LogP contribution in [0.2, 0.25) is 0 Å². The van der Waals surface area contributed by atoms with Gasteiger partial charge in [-0.25, -0.2) is 4.98 Å². The molecular formula is C42H30BF3N2O5S. The number of ether oxygens (including phenoxy) is 2. The zero-order valence-corrected chi connectivity index (χ0v) is 30.0. The monoisotopic (exact) mass is 742 g/mol. The summed E-state index contributed by atoms with van der Waals surface area (Å²) >= 11 is 0. The molecule has 1 aromatic heterocycles. The second kappa shape index (κ2) is 12.0. The zero-order valence-electron chi connectivity index (χ0n) is 29.2. The maximum Gasteiger partial charge on any atom is 0.534 e. The largest absolute Gasteiger partial charge is 0.534 e. The average molecular weight is 743 g/mol. The summed E-state index contributed by atoms with van der Waals surface area (Å²) in [5.74, 6) is 2.25. The van der Waals surface area contributed by atoms with Crippen LogP contribution in [-0.4, -0.2) is 30.2 Å². The maximum atomic E-state index is 13.4. The summed E-state index contributed by atoms with van der Waals surface area (Å²) in [4.78, 5) is 5.11. The molecule has 3 heterocycles. The van der Waals surface area contributed by atoms with Crippen molar-refractivity contribution in [3.05, 3.63) is 133 Å². The van der Waals surface area contributed by atoms with Crippen LogP contribution in [0, 0.1) is 0 Å². The Morgan fingerprint density at radius 3 is 2.04 bits per heavy atom. The molecule has 0 radical (unpaired) electrons. The Labute approximate surface area is 309 Å². The number of para-hydroxylation sites is 2. The minimum absolute atomic E-state index is 0.201. The molecule has 0 atom stereocenters. The van der Waals surface area contributed by atoms with Gasteiger partial charge in [0.15, 0.2) is 5.75 Å². The van der Waals surface area contributed by atoms with Crippen molar-refractivity contribution >= 4 is 44.3 Å². The second-order valence-corrected chi connectivity index (χ2v) is 15.9. The van der Waals surface area contributed by atoms with E-state index in [4.69, 9.17) is 14.5 Å². The summed E-state index contributed by atoms with van der Waals surface area (Å²) in [5.41, 5.74) is 1.94. The van der Waals surface area contributed by atoms with E-state index in [1.165, 1.54) is 12.1 Å². The number of hydrogen-bond donors (Lipinski definition) is 0. The van der Waals surface area contributed by atoms with E-state index >= 15 is 0 Å². The average Bonchev–Trinajstić information content (AvgIpc) is 3.53. The van der Waals surface area contributed by atoms with Gasteiger partial charge in [0.1, 0.15) is 34.3 Å². The molecule has 268 valence electrons. The first-order valence-corrected chi connectivity index (χ1v) is 18.6. The van der Waals surface area contributed by atoms with Crippen molar-refractivity contribution in [2.24, 2.45) is 0 Å². The van der Waals surface area contributed by atoms with Crippen LogP contribution in [0.4, 0.5) is 13.2 Å². The lowest BCUT2D eigenvalue weighted by Crippen LogP contribution is -2.57. The first-order valence-electron chi connectivity index (χ1n) is 17.2. The summed E-state index contributed by atoms with van der Waals surface area (Å²) in [6.07, 6.45) is 0. The second-order valence-electron chi connectivity index (χ2n) is 14.3. The number of aromatic nitrogens is 2. The van der Waals surface area contributed by atoms with Crippen molar-refractivity contribution in [1.82, 2.24) is 9.55 Å². The lowest BCUT2D eigenvalue weighted by Gasteiger charge is -2.33. The molecule has 0 spiro atoms. The molecule has 0 saturated carbocycles. The van der Waals surface area contributed by atoms with Gasteiger partial charge < -0.3 is 13.7 Å². The molecule has 0 amide bonds. The van der Waals surface area contributed by atoms with Crippen molar-refractivity contribution in [3.8, 4) is 56.9 Å². The molecule has 12 heteroatoms. The fourth-order valence-corrected chi connectivity index (χ4v) is 7.78. The molecule has 6 aromatic carbocycles. The van der Waals surface area contributed by atoms with Crippen LogP contribution in [-0.2, 0) is 15.5 Å². The highest BCUT2D eigenvalue weighted by Gasteiger charge is 2.48. The number of benzene rings is 6. The van der Waals surface area contributed by atoms with Crippen molar-refractivity contribution in [2.75, 3.05) is 0 Å². The van der Waals surface area contributed by atoms with Crippen molar-refractivity contribution < 1.29 is 35.2 Å². The maximum absolute atomic E-state index is 13.4. The number of halogens is 3. The minimum Gasteiger partial charge on any atom is -0.458 e. The highest BCUT2D eigenvalue weighted by Crippen LogP contribution is 2.45. The van der Waals surface area contributed by atoms with Crippen molar-refractivity contribution in [1.29, 1.82) is 0 Å². The number of hydrogen-bond acceptors (Lipinski definition) is 6. The molecule has 0 unspecified atom stereocenters. The Morgan fingerprint density at radius 1 is 0.704 bits per heavy atom. The highest BCUT2D eigenvalue weighted by molar-refractivity contribution is 7.88. The van der Waals surface area contributed by atoms with E-state index in [9.17, 15) is 21.6 Å². The predicted octanol–water partition coefficient (Wildman–Crippen LogP) is 8.61. The van der Waals surface area contributed by atoms with Gasteiger partial charge in [-0.15, -0.1) is 0 Å². The van der Waals surface area contributed by atoms with E-state index in [0.29, 0.717) is 51.1 Å². The summed E-state index contributed by atoms with van der Waals surface area (Å²) in [6, 6.07) is 39.1. The van der Waals surface area contributed by atoms with Crippen LogP contribution < -0.4 is 30.0 Å². The quantitative estimate of drug-likeness (QED) is 0.0999. The molecule has 54 heavy (non-hydrogen) atoms. The molecule has 9 rings (SSSR count). The van der Waals surface area contributed by atoms with E-state index in [2.05, 4.69) is 37.1 Å². The number of rotatable bonds is 5. The topological polar surface area (TPSA) is 79.7 Å². The number of imidazole rings is 1. The van der Waals surface area contributed by atoms with Crippen LogP contribution in [0.5, 0.6) is 28.7 Å². The molecule has 7 nitrogen and oxygen atoms in total. The van der Waals surface area contributed by atoms with Gasteiger partial charge in [-0.1, -0.05) is 106 Å². The van der Waals surface area contributed by atoms with Crippen LogP contribution in [0.1, 0.15) is 26.3 Å². The molecule has 7 aromatic rings. The molecule has 2 aliphatic heterocycles. The standard InChI is InChI=1S/C42H30BF3N2O5S/c1-41(2,3)27-20-21-33(29(23-27)25-12-5-4-6-13-25)48-38-32(47-40(48)26-14-11-15-28(22-26)53-54(49,50)42(44,45)46)24-36-37-39(38)52-35-19-10-8-17-31(35)43(37)30-16-7-9-18-34(30)51-36/h4-24H,1-3H3. The number of fused-ring (bicyclic) bond motifs is 6. The van der Waals surface area contributed by atoms with E-state index in [0.717, 1.165) is 39.1 Å². The zero-order chi connectivity index (χ0) is 37.6. The molecule has 0 aliphatic carbocycles. The third kappa shape index (κ3) is 5.43. The molecular weight excluding hydrogens is 712 g/mol. The molecule has 0 bridgehead atoms. The van der Waals surface area contributed by atoms with Gasteiger partial charge in [0.25, 0.3) is 6.71 Å². The van der Waals surface area contributed by atoms with E-state index < -0.39 is 21.4 Å². The minimum atomic E-state index is -5.94. The molecule has 0 saturated heterocycles. The predicted molar refractivity (Wildman–Crippen MR) is 204 cm³/mol. The van der Waals surface area contributed by atoms with Crippen molar-refractivity contribution in [3.63, 3.8) is 0 Å². The summed E-state index contributed by atoms with van der Waals surface area (Å²) in [5, 5.41) is 0. The van der Waals surface area contributed by atoms with Gasteiger partial charge in [-0.05, 0) is 63.9 Å². The Kier molecular flexibility index (Phi) is 7.52. The van der Waals surface area contributed by atoms with Gasteiger partial charge >= 0.3 is 15.6 Å². The molecule has 0 fully saturated rings. The highest BCUT2D eigenvalue weighted by atomic mass is 32.2. The first kappa shape index (κ1) is 33.8. The first-order chi connectivity index (χ1) is 25.8. The fraction of sp³-hybridized carbons (Fsp3) is 0.119. The van der Waals surface area contributed by atoms with Crippen LogP contribution in [0.25, 0.3) is 39.2 Å². The third-order valence-corrected chi connectivity index (χ3v) is 10.8. The van der Waals surface area contributed by atoms with Gasteiger partial charge in [0, 0.05) is 22.7 Å². The molecule has 0 N–H and O–H groups in total. The lowest BCUT2D eigenvalue weighted by atomic mass is 9.35. The summed E-state index contributed by atoms with van der Waals surface area (Å²) < 4.78 is 84.3. The van der Waals surface area contributed by atoms with Crippen LogP contribution >= 0.6 is 0 Å². The van der Waals surface area contributed by atoms with Gasteiger partial charge in [0.2, 0.25) is 0 Å². The Morgan fingerprint density at radius 2 is 1.35 bits per heavy atom. The van der Waals surface area contributed by atoms with Crippen LogP contribution in [0.3, 0.4) is 0 Å². The summed E-state index contributed by atoms with van der Waals surface area (Å²) in [7, 11) is -5.94. The van der Waals surface area contributed by atoms with Gasteiger partial charge in [0.05, 0.1) is 11.2 Å². The smallest absolute Gasteiger partial charge is 0.458 e. The number of nitrogens with zero attached hydrogens (tertiary/aromatic N) is 2. The van der Waals surface area contributed by atoms with Gasteiger partial charge in [-0.3, -0.25) is 4.57 Å². The molecule has 2 aliphatic rings.